The van der Waals surface area contributed by atoms with Gasteiger partial charge in [-0.25, -0.2) is 9.37 Å². The summed E-state index contributed by atoms with van der Waals surface area (Å²) in [6, 6.07) is 18.1. The molecule has 0 aliphatic carbocycles. The molecule has 0 atom stereocenters. The fourth-order valence-corrected chi connectivity index (χ4v) is 3.18. The quantitative estimate of drug-likeness (QED) is 0.637. The second-order valence-electron chi connectivity index (χ2n) is 6.84. The van der Waals surface area contributed by atoms with Gasteiger partial charge in [0.15, 0.2) is 0 Å². The number of halogens is 1. The number of nitrogens with zero attached hydrogens (tertiary/aromatic N) is 3. The van der Waals surface area contributed by atoms with Gasteiger partial charge < -0.3 is 15.4 Å². The number of benzene rings is 2. The third kappa shape index (κ3) is 5.49. The number of hydrogen-bond acceptors (Lipinski definition) is 6. The molecule has 0 amide bonds. The fourth-order valence-electron chi connectivity index (χ4n) is 3.18. The predicted octanol–water partition coefficient (Wildman–Crippen LogP) is 3.77. The van der Waals surface area contributed by atoms with Crippen LogP contribution in [0.3, 0.4) is 0 Å². The van der Waals surface area contributed by atoms with E-state index in [-0.39, 0.29) is 5.82 Å². The molecule has 29 heavy (non-hydrogen) atoms. The van der Waals surface area contributed by atoms with Crippen molar-refractivity contribution in [2.24, 2.45) is 0 Å². The summed E-state index contributed by atoms with van der Waals surface area (Å²) < 4.78 is 18.6. The average Bonchev–Trinajstić information content (AvgIpc) is 2.77. The highest BCUT2D eigenvalue weighted by molar-refractivity contribution is 5.66. The van der Waals surface area contributed by atoms with E-state index in [1.165, 1.54) is 12.1 Å². The Hall–Kier alpha value is -3.03. The van der Waals surface area contributed by atoms with Gasteiger partial charge in [0.05, 0.1) is 18.9 Å². The minimum atomic E-state index is -0.278. The number of ether oxygens (including phenoxy) is 1. The molecule has 2 aromatic carbocycles. The molecule has 1 saturated heterocycles. The van der Waals surface area contributed by atoms with E-state index in [4.69, 9.17) is 4.74 Å². The summed E-state index contributed by atoms with van der Waals surface area (Å²) in [6.07, 6.45) is 0. The van der Waals surface area contributed by atoms with Crippen LogP contribution in [0, 0.1) is 5.82 Å². The zero-order chi connectivity index (χ0) is 19.9. The number of aromatic nitrogens is 2. The van der Waals surface area contributed by atoms with Gasteiger partial charge in [-0.2, -0.15) is 4.98 Å². The molecule has 0 unspecified atom stereocenters. The molecule has 4 rings (SSSR count). The normalized spacial score (nSPS) is 14.5. The summed E-state index contributed by atoms with van der Waals surface area (Å²) in [5, 5.41) is 6.57. The van der Waals surface area contributed by atoms with Crippen molar-refractivity contribution in [3.05, 3.63) is 66.5 Å². The topological polar surface area (TPSA) is 62.3 Å². The van der Waals surface area contributed by atoms with Crippen LogP contribution < -0.4 is 10.6 Å². The van der Waals surface area contributed by atoms with Crippen molar-refractivity contribution in [2.45, 2.75) is 0 Å². The van der Waals surface area contributed by atoms with Crippen LogP contribution in [0.5, 0.6) is 0 Å². The summed E-state index contributed by atoms with van der Waals surface area (Å²) in [7, 11) is 0. The van der Waals surface area contributed by atoms with Gasteiger partial charge in [-0.05, 0) is 24.3 Å². The van der Waals surface area contributed by atoms with E-state index in [1.54, 1.807) is 12.1 Å². The van der Waals surface area contributed by atoms with Crippen molar-refractivity contribution in [2.75, 3.05) is 50.0 Å². The smallest absolute Gasteiger partial charge is 0.229 e. The van der Waals surface area contributed by atoms with Crippen LogP contribution in [0.25, 0.3) is 11.3 Å². The highest BCUT2D eigenvalue weighted by Crippen LogP contribution is 2.23. The summed E-state index contributed by atoms with van der Waals surface area (Å²) in [6.45, 7) is 5.20. The maximum atomic E-state index is 13.2. The Labute approximate surface area is 169 Å². The van der Waals surface area contributed by atoms with Crippen molar-refractivity contribution in [1.82, 2.24) is 14.9 Å². The molecule has 3 aromatic rings. The number of hydrogen-bond donors (Lipinski definition) is 2. The number of anilines is 3. The van der Waals surface area contributed by atoms with Crippen LogP contribution in [0.1, 0.15) is 0 Å². The molecule has 0 bridgehead atoms. The van der Waals surface area contributed by atoms with E-state index in [0.29, 0.717) is 5.95 Å². The Balaban J connectivity index is 1.51. The first-order valence-corrected chi connectivity index (χ1v) is 9.77. The number of rotatable bonds is 7. The van der Waals surface area contributed by atoms with Crippen molar-refractivity contribution < 1.29 is 9.13 Å². The Bertz CT molecular complexity index is 914. The van der Waals surface area contributed by atoms with Gasteiger partial charge in [0.2, 0.25) is 5.95 Å². The molecular formula is C22H24FN5O. The Morgan fingerprint density at radius 1 is 0.966 bits per heavy atom. The lowest BCUT2D eigenvalue weighted by molar-refractivity contribution is 0.0398. The Kier molecular flexibility index (Phi) is 6.29. The van der Waals surface area contributed by atoms with E-state index in [2.05, 4.69) is 25.5 Å². The lowest BCUT2D eigenvalue weighted by Crippen LogP contribution is -2.39. The molecule has 6 nitrogen and oxygen atoms in total. The molecule has 0 saturated carbocycles. The molecule has 1 aromatic heterocycles. The van der Waals surface area contributed by atoms with E-state index >= 15 is 0 Å². The van der Waals surface area contributed by atoms with E-state index < -0.39 is 0 Å². The fraction of sp³-hybridized carbons (Fsp3) is 0.273. The minimum Gasteiger partial charge on any atom is -0.379 e. The maximum Gasteiger partial charge on any atom is 0.229 e. The number of nitrogens with one attached hydrogen (secondary N) is 2. The van der Waals surface area contributed by atoms with Gasteiger partial charge in [-0.1, -0.05) is 30.3 Å². The monoisotopic (exact) mass is 393 g/mol. The molecule has 0 spiro atoms. The first-order chi connectivity index (χ1) is 14.3. The third-order valence-electron chi connectivity index (χ3n) is 4.73. The molecule has 7 heteroatoms. The zero-order valence-electron chi connectivity index (χ0n) is 16.1. The van der Waals surface area contributed by atoms with Crippen LogP contribution in [0.4, 0.5) is 21.8 Å². The van der Waals surface area contributed by atoms with Crippen molar-refractivity contribution in [3.8, 4) is 11.3 Å². The van der Waals surface area contributed by atoms with Crippen molar-refractivity contribution in [1.29, 1.82) is 0 Å². The van der Waals surface area contributed by atoms with Crippen LogP contribution in [-0.2, 0) is 4.74 Å². The molecule has 2 N–H and O–H groups in total. The predicted molar refractivity (Wildman–Crippen MR) is 113 cm³/mol. The molecule has 150 valence electrons. The largest absolute Gasteiger partial charge is 0.379 e. The van der Waals surface area contributed by atoms with Gasteiger partial charge in [0.25, 0.3) is 0 Å². The van der Waals surface area contributed by atoms with E-state index in [1.807, 2.05) is 36.4 Å². The van der Waals surface area contributed by atoms with Gasteiger partial charge in [0, 0.05) is 43.5 Å². The standard InChI is InChI=1S/C22H24FN5O/c23-18-6-8-19(9-7-18)25-22-26-20(17-4-2-1-3-5-17)16-21(27-22)24-10-11-28-12-14-29-15-13-28/h1-9,16H,10-15H2,(H2,24,25,26,27). The van der Waals surface area contributed by atoms with Crippen molar-refractivity contribution in [3.63, 3.8) is 0 Å². The van der Waals surface area contributed by atoms with E-state index in [9.17, 15) is 4.39 Å². The summed E-state index contributed by atoms with van der Waals surface area (Å²) in [4.78, 5) is 11.6. The highest BCUT2D eigenvalue weighted by atomic mass is 19.1. The van der Waals surface area contributed by atoms with E-state index in [0.717, 1.165) is 62.2 Å². The lowest BCUT2D eigenvalue weighted by atomic mass is 10.1. The van der Waals surface area contributed by atoms with Crippen LogP contribution in [0.2, 0.25) is 0 Å². The van der Waals surface area contributed by atoms with Crippen LogP contribution in [0.15, 0.2) is 60.7 Å². The summed E-state index contributed by atoms with van der Waals surface area (Å²) >= 11 is 0. The molecular weight excluding hydrogens is 369 g/mol. The maximum absolute atomic E-state index is 13.2. The van der Waals surface area contributed by atoms with Gasteiger partial charge in [-0.3, -0.25) is 4.90 Å². The lowest BCUT2D eigenvalue weighted by Gasteiger charge is -2.26. The first kappa shape index (κ1) is 19.3. The average molecular weight is 393 g/mol. The third-order valence-corrected chi connectivity index (χ3v) is 4.73. The first-order valence-electron chi connectivity index (χ1n) is 9.77. The minimum absolute atomic E-state index is 0.278. The zero-order valence-corrected chi connectivity index (χ0v) is 16.1. The van der Waals surface area contributed by atoms with Crippen LogP contribution >= 0.6 is 0 Å². The Morgan fingerprint density at radius 3 is 2.48 bits per heavy atom. The van der Waals surface area contributed by atoms with Crippen LogP contribution in [-0.4, -0.2) is 54.3 Å². The molecule has 1 aliphatic heterocycles. The molecule has 1 fully saturated rings. The molecule has 0 radical (unpaired) electrons. The second kappa shape index (κ2) is 9.45. The van der Waals surface area contributed by atoms with Gasteiger partial charge in [-0.15, -0.1) is 0 Å². The SMILES string of the molecule is Fc1ccc(Nc2nc(NCCN3CCOCC3)cc(-c3ccccc3)n2)cc1. The number of morpholine rings is 1. The van der Waals surface area contributed by atoms with Gasteiger partial charge >= 0.3 is 0 Å². The van der Waals surface area contributed by atoms with Gasteiger partial charge in [0.1, 0.15) is 11.6 Å². The second-order valence-corrected chi connectivity index (χ2v) is 6.84. The summed E-state index contributed by atoms with van der Waals surface area (Å²) in [5.74, 6) is 0.934. The Morgan fingerprint density at radius 2 is 1.72 bits per heavy atom. The van der Waals surface area contributed by atoms with Crippen molar-refractivity contribution >= 4 is 17.5 Å². The molecule has 1 aliphatic rings. The molecule has 2 heterocycles. The highest BCUT2D eigenvalue weighted by Gasteiger charge is 2.11. The summed E-state index contributed by atoms with van der Waals surface area (Å²) in [5.41, 5.74) is 2.56.